The molecule has 0 radical (unpaired) electrons. The minimum absolute atomic E-state index is 0.0691. The van der Waals surface area contributed by atoms with Gasteiger partial charge in [-0.1, -0.05) is 6.92 Å². The van der Waals surface area contributed by atoms with Crippen molar-refractivity contribution < 1.29 is 17.6 Å². The van der Waals surface area contributed by atoms with Gasteiger partial charge in [-0.2, -0.15) is 8.42 Å². The van der Waals surface area contributed by atoms with E-state index in [4.69, 9.17) is 0 Å². The van der Waals surface area contributed by atoms with E-state index in [0.717, 1.165) is 30.0 Å². The average molecular weight is 379 g/mol. The highest BCUT2D eigenvalue weighted by molar-refractivity contribution is 7.88. The number of hydrogen-bond donors (Lipinski definition) is 0. The number of allylic oxidation sites excluding steroid dienone is 1. The second-order valence-electron chi connectivity index (χ2n) is 6.51. The van der Waals surface area contributed by atoms with Crippen molar-refractivity contribution in [3.63, 3.8) is 0 Å². The fraction of sp³-hybridized carbons (Fsp3) is 0.444. The van der Waals surface area contributed by atoms with E-state index in [1.807, 2.05) is 6.92 Å². The number of likely N-dealkylation sites (tertiary alicyclic amines) is 1. The number of piperidine rings is 1. The molecule has 0 bridgehead atoms. The number of carbonyl (C=O) groups is 1. The Morgan fingerprint density at radius 2 is 1.96 bits per heavy atom. The zero-order valence-electron chi connectivity index (χ0n) is 14.9. The van der Waals surface area contributed by atoms with Crippen LogP contribution in [0.2, 0.25) is 0 Å². The molecule has 1 fully saturated rings. The van der Waals surface area contributed by atoms with Crippen molar-refractivity contribution in [1.82, 2.24) is 9.21 Å². The first-order chi connectivity index (χ1) is 12.3. The van der Waals surface area contributed by atoms with E-state index in [2.05, 4.69) is 4.40 Å². The third-order valence-corrected chi connectivity index (χ3v) is 6.21. The summed E-state index contributed by atoms with van der Waals surface area (Å²) in [7, 11) is -2.69. The Morgan fingerprint density at radius 3 is 2.62 bits per heavy atom. The lowest BCUT2D eigenvalue weighted by Crippen LogP contribution is -2.47. The Labute approximate surface area is 153 Å². The van der Waals surface area contributed by atoms with Crippen LogP contribution >= 0.6 is 0 Å². The van der Waals surface area contributed by atoms with Crippen molar-refractivity contribution in [2.75, 3.05) is 13.6 Å². The molecule has 6 nitrogen and oxygen atoms in total. The van der Waals surface area contributed by atoms with Crippen molar-refractivity contribution >= 4 is 21.8 Å². The fourth-order valence-corrected chi connectivity index (χ4v) is 4.26. The maximum Gasteiger partial charge on any atom is 0.345 e. The molecule has 0 aliphatic carbocycles. The molecule has 0 aromatic heterocycles. The van der Waals surface area contributed by atoms with Crippen molar-refractivity contribution in [2.45, 2.75) is 38.6 Å². The van der Waals surface area contributed by atoms with Crippen molar-refractivity contribution in [3.8, 4) is 0 Å². The topological polar surface area (TPSA) is 70.0 Å². The summed E-state index contributed by atoms with van der Waals surface area (Å²) in [4.78, 5) is 14.8. The summed E-state index contributed by atoms with van der Waals surface area (Å²) in [6.07, 6.45) is 5.19. The number of rotatable bonds is 3. The van der Waals surface area contributed by atoms with Crippen LogP contribution in [-0.2, 0) is 15.0 Å². The number of amides is 1. The maximum absolute atomic E-state index is 13.2. The van der Waals surface area contributed by atoms with Crippen molar-refractivity contribution in [2.24, 2.45) is 4.40 Å². The summed E-state index contributed by atoms with van der Waals surface area (Å²) < 4.78 is 42.7. The molecule has 3 rings (SSSR count). The van der Waals surface area contributed by atoms with Crippen LogP contribution in [0.15, 0.2) is 40.4 Å². The van der Waals surface area contributed by atoms with Gasteiger partial charge in [-0.3, -0.25) is 4.79 Å². The standard InChI is InChI=1S/C18H22FN3O3S/c1-3-15-6-4-5-11-22(15)18(23)17-12-16(20-26(24,25)21(17)2)13-7-9-14(19)10-8-13/h7-10,12,15H,3-6,11H2,1-2H3. The molecule has 140 valence electrons. The molecule has 26 heavy (non-hydrogen) atoms. The highest BCUT2D eigenvalue weighted by Crippen LogP contribution is 2.26. The first-order valence-electron chi connectivity index (χ1n) is 8.71. The summed E-state index contributed by atoms with van der Waals surface area (Å²) in [6, 6.07) is 5.47. The maximum atomic E-state index is 13.2. The molecule has 1 saturated heterocycles. The predicted octanol–water partition coefficient (Wildman–Crippen LogP) is 2.48. The third kappa shape index (κ3) is 3.51. The van der Waals surface area contributed by atoms with E-state index in [0.29, 0.717) is 12.1 Å². The van der Waals surface area contributed by atoms with Crippen LogP contribution in [0, 0.1) is 5.82 Å². The lowest BCUT2D eigenvalue weighted by atomic mass is 9.99. The molecule has 2 heterocycles. The molecule has 2 aliphatic heterocycles. The van der Waals surface area contributed by atoms with Gasteiger partial charge in [-0.15, -0.1) is 4.40 Å². The molecular weight excluding hydrogens is 357 g/mol. The number of likely N-dealkylation sites (N-methyl/N-ethyl adjacent to an activating group) is 1. The zero-order chi connectivity index (χ0) is 18.9. The normalized spacial score (nSPS) is 22.7. The number of benzene rings is 1. The third-order valence-electron chi connectivity index (χ3n) is 4.89. The molecular formula is C18H22FN3O3S. The van der Waals surface area contributed by atoms with Gasteiger partial charge in [0.15, 0.2) is 0 Å². The summed E-state index contributed by atoms with van der Waals surface area (Å²) in [5.41, 5.74) is 0.648. The Bertz CT molecular complexity index is 862. The van der Waals surface area contributed by atoms with Gasteiger partial charge in [-0.25, -0.2) is 8.70 Å². The van der Waals surface area contributed by atoms with Gasteiger partial charge in [0.05, 0.1) is 5.71 Å². The Morgan fingerprint density at radius 1 is 1.27 bits per heavy atom. The molecule has 1 amide bonds. The van der Waals surface area contributed by atoms with Gasteiger partial charge in [0.25, 0.3) is 5.91 Å². The smallest absolute Gasteiger partial charge is 0.334 e. The first kappa shape index (κ1) is 18.6. The molecule has 1 aromatic rings. The Hall–Kier alpha value is -2.22. The first-order valence-corrected chi connectivity index (χ1v) is 10.1. The lowest BCUT2D eigenvalue weighted by Gasteiger charge is -2.37. The summed E-state index contributed by atoms with van der Waals surface area (Å²) in [6.45, 7) is 2.64. The van der Waals surface area contributed by atoms with Gasteiger partial charge < -0.3 is 4.90 Å². The van der Waals surface area contributed by atoms with Crippen molar-refractivity contribution in [1.29, 1.82) is 0 Å². The van der Waals surface area contributed by atoms with Crippen LogP contribution in [-0.4, -0.2) is 48.9 Å². The van der Waals surface area contributed by atoms with Crippen LogP contribution in [0.4, 0.5) is 4.39 Å². The van der Waals surface area contributed by atoms with Crippen LogP contribution < -0.4 is 0 Å². The monoisotopic (exact) mass is 379 g/mol. The Balaban J connectivity index is 2.00. The number of hydrogen-bond acceptors (Lipinski definition) is 3. The quantitative estimate of drug-likeness (QED) is 0.810. The molecule has 0 saturated carbocycles. The summed E-state index contributed by atoms with van der Waals surface area (Å²) in [5, 5.41) is 0. The summed E-state index contributed by atoms with van der Waals surface area (Å²) >= 11 is 0. The van der Waals surface area contributed by atoms with Crippen LogP contribution in [0.25, 0.3) is 0 Å². The van der Waals surface area contributed by atoms with Gasteiger partial charge in [0.2, 0.25) is 0 Å². The predicted molar refractivity (Wildman–Crippen MR) is 97.3 cm³/mol. The molecule has 0 N–H and O–H groups in total. The number of carbonyl (C=O) groups excluding carboxylic acids is 1. The van der Waals surface area contributed by atoms with E-state index < -0.39 is 16.0 Å². The van der Waals surface area contributed by atoms with Gasteiger partial charge in [0, 0.05) is 25.2 Å². The largest absolute Gasteiger partial charge is 0.345 e. The number of nitrogens with zero attached hydrogens (tertiary/aromatic N) is 3. The van der Waals surface area contributed by atoms with Gasteiger partial charge >= 0.3 is 10.2 Å². The second-order valence-corrected chi connectivity index (χ2v) is 8.14. The van der Waals surface area contributed by atoms with Crippen LogP contribution in [0.5, 0.6) is 0 Å². The average Bonchev–Trinajstić information content (AvgIpc) is 2.63. The van der Waals surface area contributed by atoms with E-state index in [1.54, 1.807) is 4.90 Å². The van der Waals surface area contributed by atoms with Gasteiger partial charge in [-0.05, 0) is 56.0 Å². The SMILES string of the molecule is CCC1CCCCN1C(=O)C1=CC(c2ccc(F)cc2)=NS(=O)(=O)N1C. The minimum Gasteiger partial charge on any atom is -0.334 e. The summed E-state index contributed by atoms with van der Waals surface area (Å²) in [5.74, 6) is -0.735. The Kier molecular flexibility index (Phi) is 5.13. The number of halogens is 1. The lowest BCUT2D eigenvalue weighted by molar-refractivity contribution is -0.131. The van der Waals surface area contributed by atoms with Crippen LogP contribution in [0.3, 0.4) is 0 Å². The fourth-order valence-electron chi connectivity index (χ4n) is 3.35. The second kappa shape index (κ2) is 7.19. The van der Waals surface area contributed by atoms with E-state index in [-0.39, 0.29) is 23.4 Å². The highest BCUT2D eigenvalue weighted by Gasteiger charge is 2.35. The molecule has 1 atom stereocenters. The van der Waals surface area contributed by atoms with E-state index >= 15 is 0 Å². The molecule has 1 unspecified atom stereocenters. The van der Waals surface area contributed by atoms with Gasteiger partial charge in [0.1, 0.15) is 11.5 Å². The molecule has 2 aliphatic rings. The molecule has 1 aromatic carbocycles. The molecule has 0 spiro atoms. The zero-order valence-corrected chi connectivity index (χ0v) is 15.7. The van der Waals surface area contributed by atoms with Crippen molar-refractivity contribution in [3.05, 3.63) is 47.4 Å². The highest BCUT2D eigenvalue weighted by atomic mass is 32.2. The minimum atomic E-state index is -4.01. The molecule has 8 heteroatoms. The van der Waals surface area contributed by atoms with E-state index in [1.165, 1.54) is 37.4 Å². The van der Waals surface area contributed by atoms with Crippen LogP contribution in [0.1, 0.15) is 38.2 Å². The van der Waals surface area contributed by atoms with E-state index in [9.17, 15) is 17.6 Å².